The first kappa shape index (κ1) is 10.6. The van der Waals surface area contributed by atoms with Crippen molar-refractivity contribution in [1.29, 1.82) is 0 Å². The Kier molecular flexibility index (Phi) is 4.27. The number of rotatable bonds is 3. The Morgan fingerprint density at radius 2 is 2.38 bits per heavy atom. The fraction of sp³-hybridized carbons (Fsp3) is 0.818. The van der Waals surface area contributed by atoms with Gasteiger partial charge in [-0.25, -0.2) is 0 Å². The highest BCUT2D eigenvalue weighted by Gasteiger charge is 2.16. The van der Waals surface area contributed by atoms with Crippen molar-refractivity contribution in [2.45, 2.75) is 38.3 Å². The number of nitrogens with zero attached hydrogens (tertiary/aromatic N) is 1. The Labute approximate surface area is 81.7 Å². The van der Waals surface area contributed by atoms with Gasteiger partial charge in [-0.1, -0.05) is 12.3 Å². The second-order valence-corrected chi connectivity index (χ2v) is 3.93. The van der Waals surface area contributed by atoms with E-state index in [2.05, 4.69) is 30.1 Å². The van der Waals surface area contributed by atoms with E-state index in [1.165, 1.54) is 25.8 Å². The van der Waals surface area contributed by atoms with E-state index in [0.717, 1.165) is 6.54 Å². The van der Waals surface area contributed by atoms with E-state index in [0.29, 0.717) is 6.04 Å². The molecule has 1 heterocycles. The second-order valence-electron chi connectivity index (χ2n) is 3.93. The summed E-state index contributed by atoms with van der Waals surface area (Å²) in [6.45, 7) is 4.32. The minimum atomic E-state index is 0.253. The SMILES string of the molecule is C#CC(C)N(C)CC1CCCCN1. The van der Waals surface area contributed by atoms with E-state index < -0.39 is 0 Å². The molecule has 1 N–H and O–H groups in total. The van der Waals surface area contributed by atoms with E-state index in [9.17, 15) is 0 Å². The minimum Gasteiger partial charge on any atom is -0.313 e. The molecule has 0 spiro atoms. The van der Waals surface area contributed by atoms with Gasteiger partial charge in [-0.2, -0.15) is 0 Å². The number of nitrogens with one attached hydrogen (secondary N) is 1. The zero-order valence-corrected chi connectivity index (χ0v) is 8.71. The number of terminal acetylenes is 1. The van der Waals surface area contributed by atoms with Crippen LogP contribution in [0.2, 0.25) is 0 Å². The molecular weight excluding hydrogens is 160 g/mol. The molecule has 1 fully saturated rings. The smallest absolute Gasteiger partial charge is 0.0681 e. The summed E-state index contributed by atoms with van der Waals surface area (Å²) in [5.41, 5.74) is 0. The average Bonchev–Trinajstić information content (AvgIpc) is 2.18. The van der Waals surface area contributed by atoms with E-state index >= 15 is 0 Å². The summed E-state index contributed by atoms with van der Waals surface area (Å²) in [6.07, 6.45) is 9.34. The molecule has 0 bridgehead atoms. The third-order valence-corrected chi connectivity index (χ3v) is 2.82. The van der Waals surface area contributed by atoms with Crippen LogP contribution in [0.5, 0.6) is 0 Å². The molecule has 0 aromatic carbocycles. The standard InChI is InChI=1S/C11H20N2/c1-4-10(2)13(3)9-11-7-5-6-8-12-11/h1,10-12H,5-9H2,2-3H3. The number of hydrogen-bond acceptors (Lipinski definition) is 2. The van der Waals surface area contributed by atoms with Crippen molar-refractivity contribution in [2.24, 2.45) is 0 Å². The minimum absolute atomic E-state index is 0.253. The summed E-state index contributed by atoms with van der Waals surface area (Å²) in [4.78, 5) is 2.24. The number of piperidine rings is 1. The van der Waals surface area contributed by atoms with Gasteiger partial charge >= 0.3 is 0 Å². The molecule has 13 heavy (non-hydrogen) atoms. The topological polar surface area (TPSA) is 15.3 Å². The van der Waals surface area contributed by atoms with Gasteiger partial charge < -0.3 is 5.32 Å². The van der Waals surface area contributed by atoms with Crippen molar-refractivity contribution in [1.82, 2.24) is 10.2 Å². The largest absolute Gasteiger partial charge is 0.313 e. The van der Waals surface area contributed by atoms with E-state index in [1.54, 1.807) is 0 Å². The van der Waals surface area contributed by atoms with Gasteiger partial charge in [-0.15, -0.1) is 6.42 Å². The van der Waals surface area contributed by atoms with Gasteiger partial charge in [-0.05, 0) is 33.4 Å². The molecule has 0 radical (unpaired) electrons. The molecule has 74 valence electrons. The van der Waals surface area contributed by atoms with Gasteiger partial charge in [0.05, 0.1) is 6.04 Å². The molecule has 1 rings (SSSR count). The predicted molar refractivity (Wildman–Crippen MR) is 56.6 cm³/mol. The van der Waals surface area contributed by atoms with Crippen LogP contribution in [0.25, 0.3) is 0 Å². The van der Waals surface area contributed by atoms with Crippen molar-refractivity contribution in [3.05, 3.63) is 0 Å². The molecule has 0 aliphatic carbocycles. The van der Waals surface area contributed by atoms with Crippen molar-refractivity contribution in [2.75, 3.05) is 20.1 Å². The van der Waals surface area contributed by atoms with Crippen LogP contribution < -0.4 is 5.32 Å². The lowest BCUT2D eigenvalue weighted by molar-refractivity contribution is 0.243. The normalized spacial score (nSPS) is 25.5. The molecule has 0 aromatic rings. The van der Waals surface area contributed by atoms with Gasteiger partial charge in [0.2, 0.25) is 0 Å². The van der Waals surface area contributed by atoms with Gasteiger partial charge in [0.15, 0.2) is 0 Å². The Morgan fingerprint density at radius 3 is 2.92 bits per heavy atom. The highest BCUT2D eigenvalue weighted by molar-refractivity contribution is 4.97. The molecule has 2 nitrogen and oxygen atoms in total. The number of likely N-dealkylation sites (N-methyl/N-ethyl adjacent to an activating group) is 1. The van der Waals surface area contributed by atoms with Crippen LogP contribution in [-0.4, -0.2) is 37.1 Å². The Balaban J connectivity index is 2.26. The third-order valence-electron chi connectivity index (χ3n) is 2.82. The van der Waals surface area contributed by atoms with Crippen molar-refractivity contribution < 1.29 is 0 Å². The number of hydrogen-bond donors (Lipinski definition) is 1. The van der Waals surface area contributed by atoms with Crippen LogP contribution in [0, 0.1) is 12.3 Å². The summed E-state index contributed by atoms with van der Waals surface area (Å²) in [6, 6.07) is 0.901. The van der Waals surface area contributed by atoms with Crippen LogP contribution in [0.15, 0.2) is 0 Å². The lowest BCUT2D eigenvalue weighted by Gasteiger charge is -2.29. The highest BCUT2D eigenvalue weighted by atomic mass is 15.1. The molecular formula is C11H20N2. The van der Waals surface area contributed by atoms with E-state index in [-0.39, 0.29) is 6.04 Å². The van der Waals surface area contributed by atoms with Gasteiger partial charge in [0.25, 0.3) is 0 Å². The zero-order chi connectivity index (χ0) is 9.68. The third kappa shape index (κ3) is 3.38. The van der Waals surface area contributed by atoms with Gasteiger partial charge in [0, 0.05) is 12.6 Å². The monoisotopic (exact) mass is 180 g/mol. The van der Waals surface area contributed by atoms with Gasteiger partial charge in [0.1, 0.15) is 0 Å². The van der Waals surface area contributed by atoms with Crippen LogP contribution in [0.4, 0.5) is 0 Å². The maximum Gasteiger partial charge on any atom is 0.0681 e. The fourth-order valence-corrected chi connectivity index (χ4v) is 1.71. The maximum atomic E-state index is 5.37. The van der Waals surface area contributed by atoms with E-state index in [1.807, 2.05) is 0 Å². The quantitative estimate of drug-likeness (QED) is 0.654. The highest BCUT2D eigenvalue weighted by Crippen LogP contribution is 2.08. The lowest BCUT2D eigenvalue weighted by Crippen LogP contribution is -2.44. The molecule has 1 aliphatic heterocycles. The van der Waals surface area contributed by atoms with Crippen molar-refractivity contribution in [3.8, 4) is 12.3 Å². The Morgan fingerprint density at radius 1 is 1.62 bits per heavy atom. The summed E-state index contributed by atoms with van der Waals surface area (Å²) in [7, 11) is 2.10. The zero-order valence-electron chi connectivity index (χ0n) is 8.71. The molecule has 0 amide bonds. The first-order valence-corrected chi connectivity index (χ1v) is 5.14. The molecule has 0 saturated carbocycles. The predicted octanol–water partition coefficient (Wildman–Crippen LogP) is 1.08. The molecule has 0 aromatic heterocycles. The lowest BCUT2D eigenvalue weighted by atomic mass is 10.0. The summed E-state index contributed by atoms with van der Waals surface area (Å²) >= 11 is 0. The fourth-order valence-electron chi connectivity index (χ4n) is 1.71. The van der Waals surface area contributed by atoms with Crippen LogP contribution in [-0.2, 0) is 0 Å². The van der Waals surface area contributed by atoms with Crippen LogP contribution in [0.1, 0.15) is 26.2 Å². The Hall–Kier alpha value is -0.520. The van der Waals surface area contributed by atoms with Gasteiger partial charge in [-0.3, -0.25) is 4.90 Å². The summed E-state index contributed by atoms with van der Waals surface area (Å²) < 4.78 is 0. The maximum absolute atomic E-state index is 5.37. The summed E-state index contributed by atoms with van der Waals surface area (Å²) in [5.74, 6) is 2.75. The molecule has 1 aliphatic rings. The summed E-state index contributed by atoms with van der Waals surface area (Å²) in [5, 5.41) is 3.52. The molecule has 2 unspecified atom stereocenters. The van der Waals surface area contributed by atoms with Crippen LogP contribution >= 0.6 is 0 Å². The van der Waals surface area contributed by atoms with Crippen molar-refractivity contribution >= 4 is 0 Å². The van der Waals surface area contributed by atoms with Crippen LogP contribution in [0.3, 0.4) is 0 Å². The first-order valence-electron chi connectivity index (χ1n) is 5.14. The molecule has 2 heteroatoms. The Bertz CT molecular complexity index is 177. The molecule has 1 saturated heterocycles. The van der Waals surface area contributed by atoms with Crippen molar-refractivity contribution in [3.63, 3.8) is 0 Å². The van der Waals surface area contributed by atoms with E-state index in [4.69, 9.17) is 6.42 Å². The second kappa shape index (κ2) is 5.26. The molecule has 2 atom stereocenters. The average molecular weight is 180 g/mol. The first-order chi connectivity index (χ1) is 6.24.